The van der Waals surface area contributed by atoms with Crippen molar-refractivity contribution in [2.24, 2.45) is 0 Å². The number of furan rings is 1. The minimum Gasteiger partial charge on any atom is -0.454 e. The first-order valence-electron chi connectivity index (χ1n) is 46.9. The summed E-state index contributed by atoms with van der Waals surface area (Å²) in [7, 11) is 0. The van der Waals surface area contributed by atoms with Crippen molar-refractivity contribution in [3.63, 3.8) is 0 Å². The molecule has 138 heavy (non-hydrogen) atoms. The van der Waals surface area contributed by atoms with Crippen molar-refractivity contribution in [3.8, 4) is 111 Å². The summed E-state index contributed by atoms with van der Waals surface area (Å²) in [5, 5.41) is 7.36. The molecular weight excluding hydrogens is 1710 g/mol. The zero-order valence-electron chi connectivity index (χ0n) is 75.6. The third-order valence-corrected chi connectivity index (χ3v) is 28.5. The lowest BCUT2D eigenvalue weighted by Crippen LogP contribution is -2.13. The number of para-hydroxylation sites is 4. The molecule has 0 N–H and O–H groups in total. The van der Waals surface area contributed by atoms with Gasteiger partial charge in [-0.25, -0.2) is 0 Å². The summed E-state index contributed by atoms with van der Waals surface area (Å²) in [6, 6.07) is 198. The van der Waals surface area contributed by atoms with E-state index in [1.807, 2.05) is 34.8 Å². The van der Waals surface area contributed by atoms with Crippen molar-refractivity contribution in [3.05, 3.63) is 552 Å². The van der Waals surface area contributed by atoms with E-state index in [1.54, 1.807) is 0 Å². The second-order valence-corrected chi connectivity index (χ2v) is 36.5. The van der Waals surface area contributed by atoms with Crippen LogP contribution in [0.15, 0.2) is 556 Å². The van der Waals surface area contributed by atoms with Gasteiger partial charge in [-0.15, -0.1) is 22.7 Å². The number of hydrogen-bond acceptors (Lipinski definition) is 6. The van der Waals surface area contributed by atoms with Gasteiger partial charge in [0.05, 0.1) is 43.5 Å². The minimum absolute atomic E-state index is 0.864. The van der Waals surface area contributed by atoms with Crippen molar-refractivity contribution in [2.75, 3.05) is 14.7 Å². The molecule has 0 saturated heterocycles. The van der Waals surface area contributed by atoms with Crippen LogP contribution in [0.1, 0.15) is 0 Å². The number of hydrogen-bond donors (Lipinski definition) is 0. The van der Waals surface area contributed by atoms with Gasteiger partial charge in [-0.3, -0.25) is 0 Å². The summed E-state index contributed by atoms with van der Waals surface area (Å²) in [6.07, 6.45) is 0. The smallest absolute Gasteiger partial charge is 0.159 e. The number of fused-ring (bicyclic) bond motifs is 9. The van der Waals surface area contributed by atoms with Crippen molar-refractivity contribution in [2.45, 2.75) is 0 Å². The van der Waals surface area contributed by atoms with Gasteiger partial charge in [-0.2, -0.15) is 0 Å². The molecule has 652 valence electrons. The molecule has 4 nitrogen and oxygen atoms in total. The minimum atomic E-state index is 0.864. The van der Waals surface area contributed by atoms with E-state index in [0.29, 0.717) is 0 Å². The Labute approximate surface area is 812 Å². The first-order chi connectivity index (χ1) is 68.5. The van der Waals surface area contributed by atoms with E-state index >= 15 is 0 Å². The predicted octanol–water partition coefficient (Wildman–Crippen LogP) is 38.8. The van der Waals surface area contributed by atoms with Crippen molar-refractivity contribution < 1.29 is 4.42 Å². The lowest BCUT2D eigenvalue weighted by Gasteiger charge is -2.31. The average Bonchev–Trinajstić information content (AvgIpc) is 1.21. The highest BCUT2D eigenvalue weighted by Gasteiger charge is 2.30. The Hall–Kier alpha value is -17.5. The van der Waals surface area contributed by atoms with Crippen LogP contribution < -0.4 is 14.7 Å². The van der Waals surface area contributed by atoms with Gasteiger partial charge < -0.3 is 19.1 Å². The SMILES string of the molecule is c1ccc(-c2ccc(N(c3c(-c4ccccc4)cc(-c4ccccc4)cc3-c3ccccc3)c3cccc4c3sc3ccccc34)cc2)cc1.c1ccc(-c2ccc(N(c3c(-c4ccccc4)cccc3-c3ccccc3)c3cccc4c3oc3ccccc34)cc2)cc1.c1ccc(-c2ccc(N(c3c(-c4ccccc4)cccc3-c3ccccc3)c3cccc4c3sc3ccccc34)cc2)cc1. The number of thiophene rings is 2. The van der Waals surface area contributed by atoms with Crippen LogP contribution in [0.4, 0.5) is 51.2 Å². The van der Waals surface area contributed by atoms with E-state index in [1.165, 1.54) is 141 Å². The van der Waals surface area contributed by atoms with Crippen LogP contribution in [-0.2, 0) is 0 Å². The molecule has 0 aliphatic carbocycles. The van der Waals surface area contributed by atoms with E-state index in [4.69, 9.17) is 4.42 Å². The standard InChI is InChI=1S/C48H33NS.C42H29NO.C42H29NS/c1-5-16-34(17-6-1)36-28-30-40(31-29-36)49(45-26-15-25-42-41-24-13-14-27-46(41)50-48(42)45)47-43(37-20-9-3-10-21-37)32-39(35-18-7-2-8-19-35)33-44(47)38-22-11-4-12-23-38;2*1-4-14-30(15-5-1)31-26-28-34(29-27-31)43(39-24-13-23-38-37-20-10-11-25-40(37)44-42(38)39)41-35(32-16-6-2-7-17-32)21-12-22-36(41)33-18-8-3-9-19-33/h1-33H;2*1-29H. The average molecular weight is 1800 g/mol. The highest BCUT2D eigenvalue weighted by atomic mass is 32.1. The summed E-state index contributed by atoms with van der Waals surface area (Å²) in [4.78, 5) is 7.37. The molecule has 3 heterocycles. The van der Waals surface area contributed by atoms with E-state index in [0.717, 1.165) is 84.0 Å². The summed E-state index contributed by atoms with van der Waals surface area (Å²) in [5.74, 6) is 0. The molecule has 0 radical (unpaired) electrons. The molecule has 0 unspecified atom stereocenters. The van der Waals surface area contributed by atoms with Crippen molar-refractivity contribution >= 4 is 136 Å². The molecule has 0 atom stereocenters. The van der Waals surface area contributed by atoms with Crippen molar-refractivity contribution in [1.82, 2.24) is 0 Å². The Morgan fingerprint density at radius 2 is 0.384 bits per heavy atom. The van der Waals surface area contributed by atoms with Crippen molar-refractivity contribution in [1.29, 1.82) is 0 Å². The van der Waals surface area contributed by atoms with Gasteiger partial charge in [0.15, 0.2) is 5.58 Å². The van der Waals surface area contributed by atoms with Crippen LogP contribution in [0.25, 0.3) is 174 Å². The maximum atomic E-state index is 6.65. The Kier molecular flexibility index (Phi) is 23.7. The molecule has 0 amide bonds. The van der Waals surface area contributed by atoms with Crippen LogP contribution in [0.2, 0.25) is 0 Å². The molecule has 0 bridgehead atoms. The van der Waals surface area contributed by atoms with E-state index < -0.39 is 0 Å². The third kappa shape index (κ3) is 16.9. The first kappa shape index (κ1) is 84.7. The lowest BCUT2D eigenvalue weighted by molar-refractivity contribution is 0.669. The summed E-state index contributed by atoms with van der Waals surface area (Å²) in [6.45, 7) is 0. The molecule has 0 fully saturated rings. The van der Waals surface area contributed by atoms with Gasteiger partial charge in [0.1, 0.15) is 5.58 Å². The van der Waals surface area contributed by atoms with Gasteiger partial charge in [0.25, 0.3) is 0 Å². The van der Waals surface area contributed by atoms with Crippen LogP contribution in [0, 0.1) is 0 Å². The number of benzene rings is 22. The van der Waals surface area contributed by atoms with E-state index in [-0.39, 0.29) is 0 Å². The highest BCUT2D eigenvalue weighted by Crippen LogP contribution is 2.56. The molecule has 0 aliphatic heterocycles. The quantitative estimate of drug-likeness (QED) is 0.0805. The fourth-order valence-electron chi connectivity index (χ4n) is 19.5. The van der Waals surface area contributed by atoms with Crippen LogP contribution in [0.3, 0.4) is 0 Å². The molecule has 25 aromatic rings. The Balaban J connectivity index is 0.000000116. The predicted molar refractivity (Wildman–Crippen MR) is 591 cm³/mol. The topological polar surface area (TPSA) is 22.9 Å². The summed E-state index contributed by atoms with van der Waals surface area (Å²) >= 11 is 3.74. The summed E-state index contributed by atoms with van der Waals surface area (Å²) in [5.41, 5.74) is 35.4. The normalized spacial score (nSPS) is 11.2. The Bertz CT molecular complexity index is 8060. The Morgan fingerprint density at radius 3 is 0.717 bits per heavy atom. The highest BCUT2D eigenvalue weighted by molar-refractivity contribution is 7.27. The molecule has 22 aromatic carbocycles. The molecular formula is C132H91N3OS2. The van der Waals surface area contributed by atoms with Gasteiger partial charge in [0.2, 0.25) is 0 Å². The van der Waals surface area contributed by atoms with Gasteiger partial charge in [-0.1, -0.05) is 467 Å². The number of nitrogens with zero attached hydrogens (tertiary/aromatic N) is 3. The zero-order valence-corrected chi connectivity index (χ0v) is 77.2. The van der Waals surface area contributed by atoms with E-state index in [2.05, 4.69) is 555 Å². The monoisotopic (exact) mass is 1800 g/mol. The Morgan fingerprint density at radius 1 is 0.152 bits per heavy atom. The molecule has 0 spiro atoms. The number of rotatable bonds is 19. The maximum Gasteiger partial charge on any atom is 0.159 e. The van der Waals surface area contributed by atoms with Crippen LogP contribution in [-0.4, -0.2) is 0 Å². The summed E-state index contributed by atoms with van der Waals surface area (Å²) < 4.78 is 11.8. The van der Waals surface area contributed by atoms with E-state index in [9.17, 15) is 0 Å². The van der Waals surface area contributed by atoms with Crippen LogP contribution >= 0.6 is 22.7 Å². The second-order valence-electron chi connectivity index (χ2n) is 34.4. The zero-order chi connectivity index (χ0) is 91.9. The van der Waals surface area contributed by atoms with Gasteiger partial charge in [0, 0.05) is 92.2 Å². The maximum absolute atomic E-state index is 6.65. The van der Waals surface area contributed by atoms with Crippen LogP contribution in [0.5, 0.6) is 0 Å². The molecule has 0 aliphatic rings. The molecule has 6 heteroatoms. The largest absolute Gasteiger partial charge is 0.454 e. The second kappa shape index (κ2) is 38.6. The first-order valence-corrected chi connectivity index (χ1v) is 48.5. The fraction of sp³-hybridized carbons (Fsp3) is 0. The third-order valence-electron chi connectivity index (χ3n) is 26.0. The van der Waals surface area contributed by atoms with Gasteiger partial charge >= 0.3 is 0 Å². The van der Waals surface area contributed by atoms with Gasteiger partial charge in [-0.05, 0) is 163 Å². The molecule has 0 saturated carbocycles. The molecule has 25 rings (SSSR count). The fourth-order valence-corrected chi connectivity index (χ4v) is 21.9. The lowest BCUT2D eigenvalue weighted by atomic mass is 9.89. The number of anilines is 9. The molecule has 3 aromatic heterocycles.